The third-order valence-electron chi connectivity index (χ3n) is 12.7. The van der Waals surface area contributed by atoms with Crippen LogP contribution < -0.4 is 0 Å². The van der Waals surface area contributed by atoms with Crippen LogP contribution >= 0.6 is 0 Å². The van der Waals surface area contributed by atoms with Crippen LogP contribution in [0, 0.1) is 66.7 Å². The fourth-order valence-electron chi connectivity index (χ4n) is 9.89. The smallest absolute Gasteiger partial charge is 0.163 e. The minimum Gasteiger partial charge on any atom is -0.309 e. The molecule has 16 heteroatoms. The summed E-state index contributed by atoms with van der Waals surface area (Å²) in [6.45, 7) is 14.9. The maximum atomic E-state index is 11.6. The molecule has 12 rings (SSSR count). The minimum absolute atomic E-state index is 0.422. The molecule has 5 aromatic carbocycles. The molecule has 0 fully saturated rings. The van der Waals surface area contributed by atoms with Gasteiger partial charge < -0.3 is 9.13 Å². The van der Waals surface area contributed by atoms with Crippen LogP contribution in [0.1, 0.15) is 52.2 Å². The number of nitrogens with zero attached hydrogens (tertiary/aromatic N) is 16. The molecule has 0 saturated heterocycles. The van der Waals surface area contributed by atoms with E-state index < -0.39 is 0 Å². The van der Waals surface area contributed by atoms with Crippen LogP contribution in [0.25, 0.3) is 112 Å². The summed E-state index contributed by atoms with van der Waals surface area (Å²) in [5.41, 5.74) is 10.3. The molecule has 0 atom stereocenters. The molecule has 7 heterocycles. The van der Waals surface area contributed by atoms with Gasteiger partial charge in [0, 0.05) is 61.8 Å². The number of pyridine rings is 1. The Labute approximate surface area is 412 Å². The second kappa shape index (κ2) is 16.8. The normalized spacial score (nSPS) is 11.6. The van der Waals surface area contributed by atoms with Gasteiger partial charge in [-0.05, 0) is 109 Å². The molecular formula is C56H42N16. The number of nitriles is 1. The fraction of sp³-hybridized carbons (Fsp3) is 0.143. The predicted molar refractivity (Wildman–Crippen MR) is 276 cm³/mol. The van der Waals surface area contributed by atoms with Crippen LogP contribution in [0.4, 0.5) is 0 Å². The highest BCUT2D eigenvalue weighted by Gasteiger charge is 2.24. The highest BCUT2D eigenvalue weighted by Crippen LogP contribution is 2.43. The van der Waals surface area contributed by atoms with Gasteiger partial charge in [0.15, 0.2) is 23.3 Å². The lowest BCUT2D eigenvalue weighted by Gasteiger charge is -2.19. The maximum Gasteiger partial charge on any atom is 0.163 e. The Morgan fingerprint density at radius 2 is 0.639 bits per heavy atom. The molecule has 72 heavy (non-hydrogen) atoms. The Kier molecular flexibility index (Phi) is 10.2. The zero-order valence-electron chi connectivity index (χ0n) is 40.5. The molecule has 0 aliphatic rings. The van der Waals surface area contributed by atoms with Crippen LogP contribution in [0.3, 0.4) is 0 Å². The van der Waals surface area contributed by atoms with Crippen molar-refractivity contribution in [1.82, 2.24) is 73.9 Å². The van der Waals surface area contributed by atoms with Gasteiger partial charge >= 0.3 is 0 Å². The van der Waals surface area contributed by atoms with E-state index in [1.165, 1.54) is 0 Å². The van der Waals surface area contributed by atoms with Crippen LogP contribution in [0.5, 0.6) is 0 Å². The number of aryl methyl sites for hydroxylation is 8. The van der Waals surface area contributed by atoms with Gasteiger partial charge in [0.2, 0.25) is 0 Å². The predicted octanol–water partition coefficient (Wildman–Crippen LogP) is 10.7. The lowest BCUT2D eigenvalue weighted by molar-refractivity contribution is 0.928. The molecule has 0 aliphatic heterocycles. The first-order valence-corrected chi connectivity index (χ1v) is 23.3. The van der Waals surface area contributed by atoms with Crippen molar-refractivity contribution in [2.75, 3.05) is 0 Å². The van der Waals surface area contributed by atoms with E-state index in [1.807, 2.05) is 97.9 Å². The van der Waals surface area contributed by atoms with Crippen molar-refractivity contribution < 1.29 is 0 Å². The number of hydrogen-bond acceptors (Lipinski definition) is 14. The Hall–Kier alpha value is -9.62. The lowest BCUT2D eigenvalue weighted by atomic mass is 9.99. The molecule has 0 radical (unpaired) electrons. The molecule has 0 N–H and O–H groups in total. The molecule has 16 nitrogen and oxygen atoms in total. The van der Waals surface area contributed by atoms with Crippen molar-refractivity contribution in [3.05, 3.63) is 162 Å². The maximum absolute atomic E-state index is 11.6. The second-order valence-electron chi connectivity index (χ2n) is 17.8. The number of hydrogen-bond donors (Lipinski definition) is 0. The van der Waals surface area contributed by atoms with Crippen LogP contribution in [0.2, 0.25) is 0 Å². The summed E-state index contributed by atoms with van der Waals surface area (Å²) < 4.78 is 4.38. The molecular weight excluding hydrogens is 897 g/mol. The van der Waals surface area contributed by atoms with Gasteiger partial charge in [0.1, 0.15) is 52.7 Å². The van der Waals surface area contributed by atoms with Crippen molar-refractivity contribution in [3.63, 3.8) is 0 Å². The average molecular weight is 939 g/mol. The molecule has 0 saturated carbocycles. The molecule has 0 amide bonds. The largest absolute Gasteiger partial charge is 0.309 e. The number of benzene rings is 5. The number of aromatic nitrogens is 15. The Morgan fingerprint density at radius 1 is 0.333 bits per heavy atom. The molecule has 0 bridgehead atoms. The summed E-state index contributed by atoms with van der Waals surface area (Å²) >= 11 is 0. The van der Waals surface area contributed by atoms with Crippen LogP contribution in [-0.4, -0.2) is 73.9 Å². The van der Waals surface area contributed by atoms with E-state index in [1.54, 1.807) is 12.4 Å². The van der Waals surface area contributed by atoms with Gasteiger partial charge in [0.05, 0.1) is 39.0 Å². The van der Waals surface area contributed by atoms with Crippen molar-refractivity contribution in [2.45, 2.75) is 55.4 Å². The summed E-state index contributed by atoms with van der Waals surface area (Å²) in [5, 5.41) is 15.5. The van der Waals surface area contributed by atoms with Gasteiger partial charge in [-0.15, -0.1) is 0 Å². The van der Waals surface area contributed by atoms with E-state index in [0.29, 0.717) is 81.1 Å². The third-order valence-corrected chi connectivity index (χ3v) is 12.7. The van der Waals surface area contributed by atoms with Crippen molar-refractivity contribution in [2.24, 2.45) is 0 Å². The molecule has 7 aromatic heterocycles. The SMILES string of the molecule is Cc1nc(C)nc(-c2ccc3c4ccc(-c5nc(C)nc(C)n5)cc4n(-c4cc(-c5ccncc5)c(-n5c6cc(-c7nc(C)nc(C)n7)ccc6c6ccc(-c7nc(C)nc(C)n7)cc65)cc4C#N)c3c2)n1. The van der Waals surface area contributed by atoms with Gasteiger partial charge in [-0.3, -0.25) is 4.98 Å². The highest BCUT2D eigenvalue weighted by atomic mass is 15.1. The van der Waals surface area contributed by atoms with E-state index in [9.17, 15) is 5.26 Å². The number of fused-ring (bicyclic) bond motifs is 6. The summed E-state index contributed by atoms with van der Waals surface area (Å²) in [4.78, 5) is 60.3. The Bertz CT molecular complexity index is 3980. The van der Waals surface area contributed by atoms with Crippen molar-refractivity contribution in [3.8, 4) is 74.1 Å². The van der Waals surface area contributed by atoms with Crippen molar-refractivity contribution >= 4 is 43.6 Å². The van der Waals surface area contributed by atoms with Crippen molar-refractivity contribution in [1.29, 1.82) is 5.26 Å². The summed E-state index contributed by atoms with van der Waals surface area (Å²) in [5.74, 6) is 7.23. The van der Waals surface area contributed by atoms with Gasteiger partial charge in [-0.1, -0.05) is 48.5 Å². The summed E-state index contributed by atoms with van der Waals surface area (Å²) in [6.07, 6.45) is 3.57. The quantitative estimate of drug-likeness (QED) is 0.146. The minimum atomic E-state index is 0.422. The average Bonchev–Trinajstić information content (AvgIpc) is 3.86. The van der Waals surface area contributed by atoms with E-state index in [0.717, 1.165) is 82.7 Å². The van der Waals surface area contributed by atoms with E-state index in [-0.39, 0.29) is 0 Å². The first-order chi connectivity index (χ1) is 34.8. The monoisotopic (exact) mass is 938 g/mol. The molecule has 0 unspecified atom stereocenters. The first-order valence-electron chi connectivity index (χ1n) is 23.3. The van der Waals surface area contributed by atoms with Crippen LogP contribution in [-0.2, 0) is 0 Å². The first kappa shape index (κ1) is 43.6. The van der Waals surface area contributed by atoms with E-state index >= 15 is 0 Å². The molecule has 0 spiro atoms. The fourth-order valence-corrected chi connectivity index (χ4v) is 9.89. The van der Waals surface area contributed by atoms with Gasteiger partial charge in [-0.2, -0.15) is 5.26 Å². The lowest BCUT2D eigenvalue weighted by Crippen LogP contribution is -2.05. The zero-order chi connectivity index (χ0) is 49.5. The topological polar surface area (TPSA) is 201 Å². The van der Waals surface area contributed by atoms with E-state index in [2.05, 4.69) is 94.7 Å². The highest BCUT2D eigenvalue weighted by molar-refractivity contribution is 6.13. The second-order valence-corrected chi connectivity index (χ2v) is 17.8. The Morgan fingerprint density at radius 3 is 0.944 bits per heavy atom. The number of rotatable bonds is 7. The molecule has 0 aliphatic carbocycles. The summed E-state index contributed by atoms with van der Waals surface area (Å²) in [7, 11) is 0. The molecule has 346 valence electrons. The van der Waals surface area contributed by atoms with Gasteiger partial charge in [-0.25, -0.2) is 59.8 Å². The van der Waals surface area contributed by atoms with E-state index in [4.69, 9.17) is 39.9 Å². The zero-order valence-corrected chi connectivity index (χ0v) is 40.5. The third kappa shape index (κ3) is 7.51. The Balaban J connectivity index is 1.19. The molecule has 12 aromatic rings. The summed E-state index contributed by atoms with van der Waals surface area (Å²) in [6, 6.07) is 35.7. The standard InChI is InChI=1S/C56H42N16/c1-28-59-29(2)64-53(63-28)37-9-13-42-43-14-10-38(54-65-30(3)60-31(4)66-54)22-49(43)71(48(42)21-37)47-26-46(36-17-19-58-20-18-36)52(25-41(47)27-57)72-50-23-39(55-67-32(5)61-33(6)68-55)11-15-44(50)45-16-12-40(24-51(45)72)56-69-34(7)62-35(8)70-56/h9-26H,1-8H3. The van der Waals surface area contributed by atoms with Gasteiger partial charge in [0.25, 0.3) is 0 Å². The van der Waals surface area contributed by atoms with Crippen LogP contribution in [0.15, 0.2) is 109 Å².